The predicted molar refractivity (Wildman–Crippen MR) is 107 cm³/mol. The summed E-state index contributed by atoms with van der Waals surface area (Å²) in [6, 6.07) is 15.6. The Labute approximate surface area is 164 Å². The van der Waals surface area contributed by atoms with Gasteiger partial charge < -0.3 is 4.74 Å². The van der Waals surface area contributed by atoms with Crippen molar-refractivity contribution in [3.63, 3.8) is 0 Å². The van der Waals surface area contributed by atoms with Crippen molar-refractivity contribution in [2.75, 3.05) is 7.11 Å². The Morgan fingerprint density at radius 1 is 1.19 bits per heavy atom. The van der Waals surface area contributed by atoms with Crippen molar-refractivity contribution >= 4 is 32.8 Å². The number of carbonyl (C=O) groups is 1. The van der Waals surface area contributed by atoms with Gasteiger partial charge in [-0.15, -0.1) is 0 Å². The van der Waals surface area contributed by atoms with Crippen LogP contribution in [0.1, 0.15) is 17.4 Å². The molecule has 0 saturated carbocycles. The van der Waals surface area contributed by atoms with Gasteiger partial charge in [-0.2, -0.15) is 10.2 Å². The number of rotatable bonds is 4. The number of aryl methyl sites for hydroxylation is 1. The van der Waals surface area contributed by atoms with Gasteiger partial charge in [-0.1, -0.05) is 24.3 Å². The van der Waals surface area contributed by atoms with E-state index >= 15 is 0 Å². The Morgan fingerprint density at radius 2 is 2.00 bits per heavy atom. The van der Waals surface area contributed by atoms with E-state index in [9.17, 15) is 4.79 Å². The maximum Gasteiger partial charge on any atom is 0.358 e. The fraction of sp³-hybridized carbons (Fsp3) is 0.150. The lowest BCUT2D eigenvalue weighted by Crippen LogP contribution is -2.05. The molecule has 7 heteroatoms. The number of methoxy groups -OCH3 is 1. The van der Waals surface area contributed by atoms with Gasteiger partial charge in [-0.05, 0) is 47.1 Å². The highest BCUT2D eigenvalue weighted by Crippen LogP contribution is 2.30. The van der Waals surface area contributed by atoms with Crippen LogP contribution in [-0.2, 0) is 11.3 Å². The van der Waals surface area contributed by atoms with Crippen molar-refractivity contribution in [1.82, 2.24) is 19.6 Å². The second-order valence-electron chi connectivity index (χ2n) is 6.00. The molecule has 0 radical (unpaired) electrons. The second-order valence-corrected chi connectivity index (χ2v) is 6.86. The molecule has 4 rings (SSSR count). The zero-order chi connectivity index (χ0) is 19.0. The number of halogens is 1. The first-order chi connectivity index (χ1) is 13.1. The molecule has 0 atom stereocenters. The van der Waals surface area contributed by atoms with Gasteiger partial charge in [0.15, 0.2) is 5.69 Å². The first-order valence-corrected chi connectivity index (χ1v) is 9.31. The first kappa shape index (κ1) is 17.5. The molecular formula is C20H17BrN4O2. The number of ether oxygens (including phenoxy) is 1. The van der Waals surface area contributed by atoms with E-state index in [-0.39, 0.29) is 5.69 Å². The van der Waals surface area contributed by atoms with Crippen LogP contribution in [0.2, 0.25) is 0 Å². The van der Waals surface area contributed by atoms with E-state index < -0.39 is 5.97 Å². The van der Waals surface area contributed by atoms with Crippen LogP contribution in [-0.4, -0.2) is 32.6 Å². The third-order valence-electron chi connectivity index (χ3n) is 4.42. The molecule has 0 fully saturated rings. The Balaban J connectivity index is 1.95. The predicted octanol–water partition coefficient (Wildman–Crippen LogP) is 4.46. The summed E-state index contributed by atoms with van der Waals surface area (Å²) in [5.41, 5.74) is 3.87. The molecule has 0 bridgehead atoms. The molecule has 27 heavy (non-hydrogen) atoms. The molecule has 0 saturated heterocycles. The zero-order valence-electron chi connectivity index (χ0n) is 14.9. The molecule has 0 N–H and O–H groups in total. The van der Waals surface area contributed by atoms with Gasteiger partial charge in [-0.25, -0.2) is 9.48 Å². The summed E-state index contributed by atoms with van der Waals surface area (Å²) in [6.45, 7) is 2.84. The summed E-state index contributed by atoms with van der Waals surface area (Å²) in [6.07, 6.45) is 1.85. The summed E-state index contributed by atoms with van der Waals surface area (Å²) in [5.74, 6) is -0.471. The standard InChI is InChI=1S/C20H17BrN4O2/c1-3-24-18-10-13(8-9-14(18)12-22-24)19-11-16(20(26)27-2)23-25(19)17-7-5-4-6-15(17)21/h4-12H,3H2,1-2H3. The van der Waals surface area contributed by atoms with Gasteiger partial charge in [0.25, 0.3) is 0 Å². The topological polar surface area (TPSA) is 61.9 Å². The molecule has 2 heterocycles. The lowest BCUT2D eigenvalue weighted by atomic mass is 10.1. The number of benzene rings is 2. The molecule has 0 amide bonds. The van der Waals surface area contributed by atoms with Crippen molar-refractivity contribution in [3.8, 4) is 16.9 Å². The Bertz CT molecular complexity index is 1150. The van der Waals surface area contributed by atoms with E-state index in [4.69, 9.17) is 4.74 Å². The molecule has 0 unspecified atom stereocenters. The molecule has 0 aliphatic rings. The number of fused-ring (bicyclic) bond motifs is 1. The molecule has 136 valence electrons. The third-order valence-corrected chi connectivity index (χ3v) is 5.10. The molecule has 0 spiro atoms. The number of carbonyl (C=O) groups excluding carboxylic acids is 1. The molecule has 4 aromatic rings. The van der Waals surface area contributed by atoms with Crippen LogP contribution in [0.4, 0.5) is 0 Å². The fourth-order valence-corrected chi connectivity index (χ4v) is 3.53. The number of aromatic nitrogens is 4. The average Bonchev–Trinajstić information content (AvgIpc) is 3.31. The number of hydrogen-bond acceptors (Lipinski definition) is 4. The summed E-state index contributed by atoms with van der Waals surface area (Å²) in [4.78, 5) is 12.1. The molecule has 0 aliphatic carbocycles. The van der Waals surface area contributed by atoms with E-state index in [1.807, 2.05) is 47.3 Å². The summed E-state index contributed by atoms with van der Waals surface area (Å²) < 4.78 is 9.44. The molecule has 6 nitrogen and oxygen atoms in total. The van der Waals surface area contributed by atoms with E-state index in [0.717, 1.165) is 38.9 Å². The van der Waals surface area contributed by atoms with Crippen molar-refractivity contribution in [2.24, 2.45) is 0 Å². The largest absolute Gasteiger partial charge is 0.464 e. The minimum Gasteiger partial charge on any atom is -0.464 e. The van der Waals surface area contributed by atoms with Crippen LogP contribution in [0, 0.1) is 0 Å². The molecule has 2 aromatic heterocycles. The highest BCUT2D eigenvalue weighted by molar-refractivity contribution is 9.10. The highest BCUT2D eigenvalue weighted by Gasteiger charge is 2.19. The van der Waals surface area contributed by atoms with Crippen molar-refractivity contribution in [3.05, 3.63) is 64.9 Å². The Hall–Kier alpha value is -2.93. The average molecular weight is 425 g/mol. The fourth-order valence-electron chi connectivity index (χ4n) is 3.08. The van der Waals surface area contributed by atoms with E-state index in [2.05, 4.69) is 39.1 Å². The molecule has 2 aromatic carbocycles. The van der Waals surface area contributed by atoms with Gasteiger partial charge in [-0.3, -0.25) is 4.68 Å². The van der Waals surface area contributed by atoms with Crippen LogP contribution < -0.4 is 0 Å². The van der Waals surface area contributed by atoms with Crippen LogP contribution in [0.5, 0.6) is 0 Å². The van der Waals surface area contributed by atoms with E-state index in [1.54, 1.807) is 10.7 Å². The van der Waals surface area contributed by atoms with Crippen LogP contribution in [0.3, 0.4) is 0 Å². The highest BCUT2D eigenvalue weighted by atomic mass is 79.9. The molecule has 0 aliphatic heterocycles. The summed E-state index contributed by atoms with van der Waals surface area (Å²) in [5, 5.41) is 9.96. The SMILES string of the molecule is CCn1ncc2ccc(-c3cc(C(=O)OC)nn3-c3ccccc3Br)cc21. The van der Waals surface area contributed by atoms with Crippen LogP contribution in [0.15, 0.2) is 59.2 Å². The quantitative estimate of drug-likeness (QED) is 0.453. The van der Waals surface area contributed by atoms with E-state index in [1.165, 1.54) is 7.11 Å². The minimum absolute atomic E-state index is 0.257. The van der Waals surface area contributed by atoms with Crippen molar-refractivity contribution in [1.29, 1.82) is 0 Å². The van der Waals surface area contributed by atoms with Crippen LogP contribution in [0.25, 0.3) is 27.8 Å². The van der Waals surface area contributed by atoms with Gasteiger partial charge in [0, 0.05) is 22.0 Å². The Morgan fingerprint density at radius 3 is 2.74 bits per heavy atom. The smallest absolute Gasteiger partial charge is 0.358 e. The van der Waals surface area contributed by atoms with Gasteiger partial charge in [0.05, 0.1) is 30.2 Å². The second kappa shape index (κ2) is 7.00. The number of esters is 1. The van der Waals surface area contributed by atoms with Gasteiger partial charge in [0.2, 0.25) is 0 Å². The maximum absolute atomic E-state index is 12.1. The first-order valence-electron chi connectivity index (χ1n) is 8.51. The Kier molecular flexibility index (Phi) is 4.53. The third kappa shape index (κ3) is 3.04. The zero-order valence-corrected chi connectivity index (χ0v) is 16.5. The van der Waals surface area contributed by atoms with Crippen molar-refractivity contribution < 1.29 is 9.53 Å². The summed E-state index contributed by atoms with van der Waals surface area (Å²) in [7, 11) is 1.35. The van der Waals surface area contributed by atoms with Gasteiger partial charge >= 0.3 is 5.97 Å². The normalized spacial score (nSPS) is 11.1. The minimum atomic E-state index is -0.471. The lowest BCUT2D eigenvalue weighted by molar-refractivity contribution is 0.0593. The summed E-state index contributed by atoms with van der Waals surface area (Å²) >= 11 is 3.57. The number of hydrogen-bond donors (Lipinski definition) is 0. The van der Waals surface area contributed by atoms with E-state index in [0.29, 0.717) is 0 Å². The van der Waals surface area contributed by atoms with Crippen molar-refractivity contribution in [2.45, 2.75) is 13.5 Å². The number of para-hydroxylation sites is 1. The lowest BCUT2D eigenvalue weighted by Gasteiger charge is -2.10. The monoisotopic (exact) mass is 424 g/mol. The number of nitrogens with zero attached hydrogens (tertiary/aromatic N) is 4. The molecular weight excluding hydrogens is 408 g/mol. The van der Waals surface area contributed by atoms with Crippen LogP contribution >= 0.6 is 15.9 Å². The van der Waals surface area contributed by atoms with Gasteiger partial charge in [0.1, 0.15) is 0 Å². The maximum atomic E-state index is 12.1.